The number of methoxy groups -OCH3 is 1. The van der Waals surface area contributed by atoms with Crippen molar-refractivity contribution >= 4 is 23.3 Å². The van der Waals surface area contributed by atoms with Crippen molar-refractivity contribution in [2.24, 2.45) is 0 Å². The van der Waals surface area contributed by atoms with Gasteiger partial charge in [-0.25, -0.2) is 0 Å². The molecule has 9 heteroatoms. The van der Waals surface area contributed by atoms with Crippen molar-refractivity contribution in [2.45, 2.75) is 26.7 Å². The van der Waals surface area contributed by atoms with E-state index in [0.717, 1.165) is 5.56 Å². The largest absolute Gasteiger partial charge is 0.494 e. The molecule has 160 valence electrons. The van der Waals surface area contributed by atoms with Gasteiger partial charge in [-0.2, -0.15) is 0 Å². The number of nitro benzene ring substituents is 1. The molecule has 2 aromatic rings. The first-order valence-corrected chi connectivity index (χ1v) is 9.34. The van der Waals surface area contributed by atoms with Crippen LogP contribution in [0.4, 0.5) is 11.4 Å². The van der Waals surface area contributed by atoms with Crippen LogP contribution in [-0.2, 0) is 20.7 Å². The van der Waals surface area contributed by atoms with Crippen LogP contribution < -0.4 is 14.8 Å². The highest BCUT2D eigenvalue weighted by Crippen LogP contribution is 2.32. The van der Waals surface area contributed by atoms with Gasteiger partial charge in [-0.15, -0.1) is 0 Å². The second-order valence-corrected chi connectivity index (χ2v) is 6.35. The number of para-hydroxylation sites is 1. The Hall–Kier alpha value is -3.62. The summed E-state index contributed by atoms with van der Waals surface area (Å²) in [5.41, 5.74) is 1.50. The first-order chi connectivity index (χ1) is 14.3. The molecule has 0 saturated carbocycles. The molecule has 0 saturated heterocycles. The Kier molecular flexibility index (Phi) is 8.16. The van der Waals surface area contributed by atoms with Crippen LogP contribution in [0.5, 0.6) is 11.5 Å². The molecular weight excluding hydrogens is 392 g/mol. The summed E-state index contributed by atoms with van der Waals surface area (Å²) < 4.78 is 15.5. The molecule has 0 heterocycles. The van der Waals surface area contributed by atoms with E-state index in [2.05, 4.69) is 5.32 Å². The predicted octanol–water partition coefficient (Wildman–Crippen LogP) is 3.43. The van der Waals surface area contributed by atoms with E-state index in [1.54, 1.807) is 6.92 Å². The topological polar surface area (TPSA) is 117 Å². The fourth-order valence-electron chi connectivity index (χ4n) is 2.76. The number of nitro groups is 1. The fraction of sp³-hybridized carbons (Fsp3) is 0.333. The van der Waals surface area contributed by atoms with Crippen molar-refractivity contribution < 1.29 is 28.7 Å². The Morgan fingerprint density at radius 2 is 1.90 bits per heavy atom. The number of benzene rings is 2. The zero-order valence-electron chi connectivity index (χ0n) is 17.1. The molecule has 0 radical (unpaired) electrons. The van der Waals surface area contributed by atoms with Gasteiger partial charge < -0.3 is 19.5 Å². The quantitative estimate of drug-likeness (QED) is 0.358. The van der Waals surface area contributed by atoms with Crippen molar-refractivity contribution in [3.05, 3.63) is 57.6 Å². The maximum atomic E-state index is 12.1. The van der Waals surface area contributed by atoms with Gasteiger partial charge in [0.15, 0.2) is 12.4 Å². The van der Waals surface area contributed by atoms with Gasteiger partial charge in [0.1, 0.15) is 5.75 Å². The number of hydrogen-bond donors (Lipinski definition) is 1. The number of aryl methyl sites for hydroxylation is 2. The fourth-order valence-corrected chi connectivity index (χ4v) is 2.76. The number of nitrogens with zero attached hydrogens (tertiary/aromatic N) is 1. The molecule has 0 fully saturated rings. The summed E-state index contributed by atoms with van der Waals surface area (Å²) in [6, 6.07) is 10.1. The monoisotopic (exact) mass is 416 g/mol. The molecule has 0 aliphatic rings. The van der Waals surface area contributed by atoms with E-state index in [0.29, 0.717) is 30.0 Å². The molecular formula is C21H24N2O7. The van der Waals surface area contributed by atoms with Crippen LogP contribution in [0.25, 0.3) is 0 Å². The number of carbonyl (C=O) groups is 2. The van der Waals surface area contributed by atoms with E-state index in [1.165, 1.54) is 19.2 Å². The standard InChI is InChI=1S/C21H24N2O7/c1-4-29-18-8-6-5-7-15(18)9-10-21(25)30-13-20(24)22-16-12-19(28-3)17(23(26)27)11-14(16)2/h5-8,11-12H,4,9-10,13H2,1-3H3,(H,22,24). The predicted molar refractivity (Wildman–Crippen MR) is 110 cm³/mol. The van der Waals surface area contributed by atoms with Crippen LogP contribution in [0.15, 0.2) is 36.4 Å². The number of anilines is 1. The smallest absolute Gasteiger partial charge is 0.311 e. The minimum absolute atomic E-state index is 0.0193. The van der Waals surface area contributed by atoms with E-state index in [9.17, 15) is 19.7 Å². The van der Waals surface area contributed by atoms with E-state index in [4.69, 9.17) is 14.2 Å². The van der Waals surface area contributed by atoms with Crippen LogP contribution >= 0.6 is 0 Å². The van der Waals surface area contributed by atoms with E-state index < -0.39 is 23.4 Å². The molecule has 2 rings (SSSR count). The van der Waals surface area contributed by atoms with Gasteiger partial charge in [-0.1, -0.05) is 18.2 Å². The van der Waals surface area contributed by atoms with Crippen molar-refractivity contribution in [3.8, 4) is 11.5 Å². The average Bonchev–Trinajstić information content (AvgIpc) is 2.72. The summed E-state index contributed by atoms with van der Waals surface area (Å²) in [6.45, 7) is 3.55. The van der Waals surface area contributed by atoms with Crippen LogP contribution in [0.2, 0.25) is 0 Å². The molecule has 0 spiro atoms. The maximum Gasteiger partial charge on any atom is 0.311 e. The Labute approximate surface area is 174 Å². The SMILES string of the molecule is CCOc1ccccc1CCC(=O)OCC(=O)Nc1cc(OC)c([N+](=O)[O-])cc1C. The third kappa shape index (κ3) is 6.20. The average molecular weight is 416 g/mol. The van der Waals surface area contributed by atoms with Gasteiger partial charge in [0.2, 0.25) is 0 Å². The second kappa shape index (κ2) is 10.8. The number of rotatable bonds is 10. The second-order valence-electron chi connectivity index (χ2n) is 6.35. The molecule has 30 heavy (non-hydrogen) atoms. The minimum Gasteiger partial charge on any atom is -0.494 e. The Balaban J connectivity index is 1.89. The van der Waals surface area contributed by atoms with Crippen molar-refractivity contribution in [1.29, 1.82) is 0 Å². The van der Waals surface area contributed by atoms with Gasteiger partial charge >= 0.3 is 11.7 Å². The molecule has 1 N–H and O–H groups in total. The van der Waals surface area contributed by atoms with Crippen LogP contribution in [0.1, 0.15) is 24.5 Å². The van der Waals surface area contributed by atoms with E-state index in [1.807, 2.05) is 31.2 Å². The van der Waals surface area contributed by atoms with Crippen molar-refractivity contribution in [2.75, 3.05) is 25.6 Å². The summed E-state index contributed by atoms with van der Waals surface area (Å²) in [6.07, 6.45) is 0.525. The zero-order chi connectivity index (χ0) is 22.1. The normalized spacial score (nSPS) is 10.2. The van der Waals surface area contributed by atoms with Gasteiger partial charge in [0, 0.05) is 24.2 Å². The third-order valence-electron chi connectivity index (χ3n) is 4.23. The molecule has 0 unspecified atom stereocenters. The van der Waals surface area contributed by atoms with E-state index >= 15 is 0 Å². The van der Waals surface area contributed by atoms with Crippen LogP contribution in [0.3, 0.4) is 0 Å². The first-order valence-electron chi connectivity index (χ1n) is 9.34. The van der Waals surface area contributed by atoms with Gasteiger partial charge in [-0.05, 0) is 37.5 Å². The number of esters is 1. The van der Waals surface area contributed by atoms with E-state index in [-0.39, 0.29) is 17.9 Å². The van der Waals surface area contributed by atoms with Crippen molar-refractivity contribution in [3.63, 3.8) is 0 Å². The summed E-state index contributed by atoms with van der Waals surface area (Å²) in [5.74, 6) is -0.342. The van der Waals surface area contributed by atoms with Crippen LogP contribution in [-0.4, -0.2) is 37.1 Å². The molecule has 1 amide bonds. The van der Waals surface area contributed by atoms with Gasteiger partial charge in [0.05, 0.1) is 18.6 Å². The van der Waals surface area contributed by atoms with Crippen LogP contribution in [0, 0.1) is 17.0 Å². The summed E-state index contributed by atoms with van der Waals surface area (Å²) in [4.78, 5) is 34.6. The molecule has 0 aliphatic carbocycles. The minimum atomic E-state index is -0.567. The summed E-state index contributed by atoms with van der Waals surface area (Å²) in [5, 5.41) is 13.6. The number of ether oxygens (including phenoxy) is 3. The summed E-state index contributed by atoms with van der Waals surface area (Å²) in [7, 11) is 1.30. The zero-order valence-corrected chi connectivity index (χ0v) is 17.1. The van der Waals surface area contributed by atoms with Crippen molar-refractivity contribution in [1.82, 2.24) is 0 Å². The highest BCUT2D eigenvalue weighted by molar-refractivity contribution is 5.94. The number of hydrogen-bond acceptors (Lipinski definition) is 7. The Morgan fingerprint density at radius 3 is 2.57 bits per heavy atom. The lowest BCUT2D eigenvalue weighted by Crippen LogP contribution is -2.21. The highest BCUT2D eigenvalue weighted by Gasteiger charge is 2.19. The molecule has 0 aromatic heterocycles. The summed E-state index contributed by atoms with van der Waals surface area (Å²) >= 11 is 0. The number of nitrogens with one attached hydrogen (secondary N) is 1. The molecule has 0 aliphatic heterocycles. The molecule has 2 aromatic carbocycles. The highest BCUT2D eigenvalue weighted by atomic mass is 16.6. The first kappa shape index (κ1) is 22.7. The Bertz CT molecular complexity index is 928. The number of carbonyl (C=O) groups excluding carboxylic acids is 2. The lowest BCUT2D eigenvalue weighted by molar-refractivity contribution is -0.385. The lowest BCUT2D eigenvalue weighted by atomic mass is 10.1. The van der Waals surface area contributed by atoms with Gasteiger partial charge in [0.25, 0.3) is 5.91 Å². The number of amides is 1. The maximum absolute atomic E-state index is 12.1. The van der Waals surface area contributed by atoms with Gasteiger partial charge in [-0.3, -0.25) is 19.7 Å². The Morgan fingerprint density at radius 1 is 1.17 bits per heavy atom. The third-order valence-corrected chi connectivity index (χ3v) is 4.23. The molecule has 9 nitrogen and oxygen atoms in total. The molecule has 0 bridgehead atoms. The lowest BCUT2D eigenvalue weighted by Gasteiger charge is -2.11. The molecule has 0 atom stereocenters.